The van der Waals surface area contributed by atoms with Crippen molar-refractivity contribution in [2.75, 3.05) is 6.54 Å². The van der Waals surface area contributed by atoms with Crippen LogP contribution in [0.15, 0.2) is 36.4 Å². The molecular formula is C14H12ClF2NO. The second-order valence-corrected chi connectivity index (χ2v) is 4.35. The van der Waals surface area contributed by atoms with Crippen LogP contribution >= 0.6 is 11.6 Å². The molecule has 0 heterocycles. The molecule has 2 aromatic rings. The molecule has 2 rings (SSSR count). The van der Waals surface area contributed by atoms with Crippen LogP contribution in [0.25, 0.3) is 0 Å². The van der Waals surface area contributed by atoms with Crippen LogP contribution in [0.1, 0.15) is 5.56 Å². The van der Waals surface area contributed by atoms with Gasteiger partial charge in [0.1, 0.15) is 11.6 Å². The van der Waals surface area contributed by atoms with Gasteiger partial charge in [0, 0.05) is 0 Å². The fourth-order valence-corrected chi connectivity index (χ4v) is 1.85. The number of halogens is 3. The second kappa shape index (κ2) is 5.99. The third-order valence-electron chi connectivity index (χ3n) is 2.57. The molecule has 100 valence electrons. The van der Waals surface area contributed by atoms with E-state index in [1.807, 2.05) is 0 Å². The van der Waals surface area contributed by atoms with Gasteiger partial charge in [-0.1, -0.05) is 17.7 Å². The third kappa shape index (κ3) is 3.22. The van der Waals surface area contributed by atoms with Gasteiger partial charge in [-0.25, -0.2) is 8.78 Å². The minimum absolute atomic E-state index is 0.00243. The first-order valence-electron chi connectivity index (χ1n) is 5.72. The Morgan fingerprint density at radius 3 is 2.63 bits per heavy atom. The lowest BCUT2D eigenvalue weighted by Gasteiger charge is -2.11. The summed E-state index contributed by atoms with van der Waals surface area (Å²) in [4.78, 5) is 0. The summed E-state index contributed by atoms with van der Waals surface area (Å²) in [5.41, 5.74) is 6.04. The van der Waals surface area contributed by atoms with Gasteiger partial charge in [0.15, 0.2) is 11.6 Å². The average Bonchev–Trinajstić information content (AvgIpc) is 2.38. The van der Waals surface area contributed by atoms with E-state index in [2.05, 4.69) is 0 Å². The highest BCUT2D eigenvalue weighted by Crippen LogP contribution is 2.31. The van der Waals surface area contributed by atoms with Crippen LogP contribution in [-0.4, -0.2) is 6.54 Å². The molecule has 0 bridgehead atoms. The largest absolute Gasteiger partial charge is 0.454 e. The van der Waals surface area contributed by atoms with Crippen molar-refractivity contribution >= 4 is 11.6 Å². The molecular weight excluding hydrogens is 272 g/mol. The van der Waals surface area contributed by atoms with E-state index < -0.39 is 5.82 Å². The quantitative estimate of drug-likeness (QED) is 0.923. The highest BCUT2D eigenvalue weighted by molar-refractivity contribution is 6.30. The van der Waals surface area contributed by atoms with Gasteiger partial charge >= 0.3 is 0 Å². The minimum Gasteiger partial charge on any atom is -0.454 e. The summed E-state index contributed by atoms with van der Waals surface area (Å²) in [5.74, 6) is -0.667. The first kappa shape index (κ1) is 13.8. The van der Waals surface area contributed by atoms with Crippen molar-refractivity contribution in [2.45, 2.75) is 6.42 Å². The molecule has 0 saturated carbocycles. The fourth-order valence-electron chi connectivity index (χ4n) is 1.68. The maximum absolute atomic E-state index is 13.7. The summed E-state index contributed by atoms with van der Waals surface area (Å²) in [6.45, 7) is 0.345. The zero-order valence-electron chi connectivity index (χ0n) is 10.00. The lowest BCUT2D eigenvalue weighted by atomic mass is 10.1. The number of benzene rings is 2. The summed E-state index contributed by atoms with van der Waals surface area (Å²) in [5, 5.41) is -0.0278. The average molecular weight is 284 g/mol. The van der Waals surface area contributed by atoms with Gasteiger partial charge in [-0.05, 0) is 48.9 Å². The molecule has 2 aromatic carbocycles. The van der Waals surface area contributed by atoms with Crippen LogP contribution in [0, 0.1) is 11.6 Å². The van der Waals surface area contributed by atoms with Gasteiger partial charge < -0.3 is 10.5 Å². The van der Waals surface area contributed by atoms with Crippen LogP contribution in [0.4, 0.5) is 8.78 Å². The van der Waals surface area contributed by atoms with Crippen LogP contribution < -0.4 is 10.5 Å². The first-order chi connectivity index (χ1) is 9.11. The Kier molecular flexibility index (Phi) is 4.35. The predicted octanol–water partition coefficient (Wildman–Crippen LogP) is 3.91. The van der Waals surface area contributed by atoms with Gasteiger partial charge in [0.25, 0.3) is 0 Å². The minimum atomic E-state index is -0.646. The standard InChI is InChI=1S/C14H12ClF2NO/c15-11-2-1-3-13(14(11)17)19-12-5-4-10(16)8-9(12)6-7-18/h1-5,8H,6-7,18H2. The third-order valence-corrected chi connectivity index (χ3v) is 2.86. The molecule has 0 aliphatic rings. The molecule has 2 N–H and O–H groups in total. The maximum Gasteiger partial charge on any atom is 0.184 e. The lowest BCUT2D eigenvalue weighted by Crippen LogP contribution is -2.04. The van der Waals surface area contributed by atoms with Crippen molar-refractivity contribution in [2.24, 2.45) is 5.73 Å². The Morgan fingerprint density at radius 2 is 1.89 bits per heavy atom. The predicted molar refractivity (Wildman–Crippen MR) is 70.6 cm³/mol. The van der Waals surface area contributed by atoms with E-state index >= 15 is 0 Å². The molecule has 5 heteroatoms. The van der Waals surface area contributed by atoms with Crippen molar-refractivity contribution in [1.29, 1.82) is 0 Å². The summed E-state index contributed by atoms with van der Waals surface area (Å²) in [7, 11) is 0. The summed E-state index contributed by atoms with van der Waals surface area (Å²) in [6.07, 6.45) is 0.440. The Balaban J connectivity index is 2.35. The first-order valence-corrected chi connectivity index (χ1v) is 6.10. The lowest BCUT2D eigenvalue weighted by molar-refractivity contribution is 0.436. The van der Waals surface area contributed by atoms with Crippen molar-refractivity contribution in [3.8, 4) is 11.5 Å². The van der Waals surface area contributed by atoms with E-state index in [9.17, 15) is 8.78 Å². The molecule has 0 atom stereocenters. The molecule has 19 heavy (non-hydrogen) atoms. The number of rotatable bonds is 4. The van der Waals surface area contributed by atoms with Gasteiger partial charge in [-0.15, -0.1) is 0 Å². The summed E-state index contributed by atoms with van der Waals surface area (Å²) in [6, 6.07) is 8.47. The van der Waals surface area contributed by atoms with Crippen molar-refractivity contribution in [3.05, 3.63) is 58.6 Å². The fraction of sp³-hybridized carbons (Fsp3) is 0.143. The van der Waals surface area contributed by atoms with Crippen molar-refractivity contribution in [3.63, 3.8) is 0 Å². The molecule has 0 aliphatic carbocycles. The van der Waals surface area contributed by atoms with E-state index in [0.717, 1.165) is 0 Å². The molecule has 0 saturated heterocycles. The molecule has 0 aromatic heterocycles. The number of hydrogen-bond acceptors (Lipinski definition) is 2. The second-order valence-electron chi connectivity index (χ2n) is 3.94. The van der Waals surface area contributed by atoms with Gasteiger partial charge in [-0.3, -0.25) is 0 Å². The highest BCUT2D eigenvalue weighted by atomic mass is 35.5. The smallest absolute Gasteiger partial charge is 0.184 e. The monoisotopic (exact) mass is 283 g/mol. The number of ether oxygens (including phenoxy) is 1. The summed E-state index contributed by atoms with van der Waals surface area (Å²) >= 11 is 5.67. The summed E-state index contributed by atoms with van der Waals surface area (Å²) < 4.78 is 32.3. The Labute approximate surface area is 114 Å². The molecule has 0 fully saturated rings. The Morgan fingerprint density at radius 1 is 1.11 bits per heavy atom. The molecule has 0 amide bonds. The van der Waals surface area contributed by atoms with E-state index in [1.54, 1.807) is 6.07 Å². The van der Waals surface area contributed by atoms with E-state index in [-0.39, 0.29) is 16.6 Å². The van der Waals surface area contributed by atoms with E-state index in [4.69, 9.17) is 22.1 Å². The Hall–Kier alpha value is -1.65. The van der Waals surface area contributed by atoms with Crippen LogP contribution in [0.2, 0.25) is 5.02 Å². The normalized spacial score (nSPS) is 10.5. The SMILES string of the molecule is NCCc1cc(F)ccc1Oc1cccc(Cl)c1F. The molecule has 0 radical (unpaired) electrons. The van der Waals surface area contributed by atoms with Crippen molar-refractivity contribution < 1.29 is 13.5 Å². The van der Waals surface area contributed by atoms with Crippen LogP contribution in [0.5, 0.6) is 11.5 Å². The zero-order chi connectivity index (χ0) is 13.8. The zero-order valence-corrected chi connectivity index (χ0v) is 10.8. The maximum atomic E-state index is 13.7. The highest BCUT2D eigenvalue weighted by Gasteiger charge is 2.11. The van der Waals surface area contributed by atoms with Crippen LogP contribution in [-0.2, 0) is 6.42 Å². The van der Waals surface area contributed by atoms with Crippen molar-refractivity contribution in [1.82, 2.24) is 0 Å². The molecule has 0 unspecified atom stereocenters. The van der Waals surface area contributed by atoms with E-state index in [1.165, 1.54) is 30.3 Å². The molecule has 2 nitrogen and oxygen atoms in total. The number of nitrogens with two attached hydrogens (primary N) is 1. The molecule has 0 aliphatic heterocycles. The Bertz CT molecular complexity index is 590. The number of hydrogen-bond donors (Lipinski definition) is 1. The van der Waals surface area contributed by atoms with Gasteiger partial charge in [-0.2, -0.15) is 0 Å². The van der Waals surface area contributed by atoms with Gasteiger partial charge in [0.05, 0.1) is 5.02 Å². The molecule has 0 spiro atoms. The topological polar surface area (TPSA) is 35.2 Å². The van der Waals surface area contributed by atoms with Crippen LogP contribution in [0.3, 0.4) is 0 Å². The van der Waals surface area contributed by atoms with E-state index in [0.29, 0.717) is 24.3 Å². The van der Waals surface area contributed by atoms with Gasteiger partial charge in [0.2, 0.25) is 0 Å².